The molecule has 1 saturated carbocycles. The lowest BCUT2D eigenvalue weighted by Crippen LogP contribution is -2.63. The number of primary amides is 1. The van der Waals surface area contributed by atoms with Gasteiger partial charge in [0.2, 0.25) is 11.8 Å². The topological polar surface area (TPSA) is 205 Å². The van der Waals surface area contributed by atoms with Gasteiger partial charge in [0.25, 0.3) is 5.91 Å². The number of nitrogens with two attached hydrogens (primary N) is 1. The van der Waals surface area contributed by atoms with Gasteiger partial charge in [0, 0.05) is 43.7 Å². The average Bonchev–Trinajstić information content (AvgIpc) is 2.90. The van der Waals surface area contributed by atoms with Crippen LogP contribution in [0.1, 0.15) is 38.5 Å². The molecule has 0 aromatic rings. The van der Waals surface area contributed by atoms with Crippen molar-refractivity contribution in [1.82, 2.24) is 19.6 Å². The summed E-state index contributed by atoms with van der Waals surface area (Å²) in [6, 6.07) is -2.22. The molecule has 6 N–H and O–H groups in total. The Labute approximate surface area is 259 Å². The quantitative estimate of drug-likeness (QED) is 0.195. The molecule has 14 heteroatoms. The van der Waals surface area contributed by atoms with Gasteiger partial charge in [-0.25, -0.2) is 0 Å². The SMILES string of the molecule is CN(C)C1=C2CC3CC4[C@H](N(C)C)C(=O)C(C(N)=O)=C(O)[C@@]4(O)C(O)=C3C(O)=C2C(=O)C(N2C(=O)CN(C3CCC3)CC2=O)C1. The van der Waals surface area contributed by atoms with E-state index in [4.69, 9.17) is 5.73 Å². The molecule has 3 unspecified atom stereocenters. The van der Waals surface area contributed by atoms with Crippen LogP contribution in [0.15, 0.2) is 45.3 Å². The van der Waals surface area contributed by atoms with Crippen molar-refractivity contribution in [3.8, 4) is 0 Å². The summed E-state index contributed by atoms with van der Waals surface area (Å²) in [5, 5.41) is 46.4. The number of carbonyl (C=O) groups is 5. The highest BCUT2D eigenvalue weighted by molar-refractivity contribution is 6.22. The van der Waals surface area contributed by atoms with Crippen LogP contribution in [0.2, 0.25) is 0 Å². The standard InChI is InChI=1S/C31H39N5O9/c1-33(2)17-10-18(36-19(37)11-35(12-20(36)38)14-6-5-7-14)25(39)22-15(17)8-13-9-16-24(34(3)4)27(41)23(30(32)44)29(43)31(16,45)28(42)21(13)26(22)40/h13-14,16,18,24,40,42-43,45H,5-12H2,1-4H3,(H2,32,44)/t13?,16?,18?,24-,31-/m0/s1. The largest absolute Gasteiger partial charge is 0.508 e. The molecule has 2 fully saturated rings. The van der Waals surface area contributed by atoms with Crippen molar-refractivity contribution in [1.29, 1.82) is 0 Å². The number of fused-ring (bicyclic) bond motifs is 3. The lowest BCUT2D eigenvalue weighted by atomic mass is 9.58. The second-order valence-electron chi connectivity index (χ2n) is 13.4. The number of ketones is 2. The highest BCUT2D eigenvalue weighted by Crippen LogP contribution is 2.55. The van der Waals surface area contributed by atoms with Gasteiger partial charge in [-0.05, 0) is 51.3 Å². The zero-order valence-corrected chi connectivity index (χ0v) is 25.7. The molecule has 5 aliphatic carbocycles. The van der Waals surface area contributed by atoms with E-state index < -0.39 is 81.7 Å². The van der Waals surface area contributed by atoms with Gasteiger partial charge in [0.1, 0.15) is 28.9 Å². The monoisotopic (exact) mass is 625 g/mol. The second kappa shape index (κ2) is 10.5. The molecule has 1 aliphatic heterocycles. The van der Waals surface area contributed by atoms with Crippen LogP contribution in [0, 0.1) is 11.8 Å². The van der Waals surface area contributed by atoms with Crippen molar-refractivity contribution < 1.29 is 44.4 Å². The molecule has 3 amide bonds. The second-order valence-corrected chi connectivity index (χ2v) is 13.4. The summed E-state index contributed by atoms with van der Waals surface area (Å²) in [6.45, 7) is 0.00216. The van der Waals surface area contributed by atoms with Gasteiger partial charge in [-0.3, -0.25) is 38.7 Å². The van der Waals surface area contributed by atoms with Crippen molar-refractivity contribution in [3.63, 3.8) is 0 Å². The van der Waals surface area contributed by atoms with Gasteiger partial charge < -0.3 is 31.1 Å². The number of amides is 3. The van der Waals surface area contributed by atoms with Gasteiger partial charge in [-0.15, -0.1) is 0 Å². The number of aliphatic hydroxyl groups is 4. The molecule has 1 saturated heterocycles. The van der Waals surface area contributed by atoms with E-state index >= 15 is 0 Å². The number of allylic oxidation sites excluding steroid dienone is 2. The maximum atomic E-state index is 14.2. The highest BCUT2D eigenvalue weighted by atomic mass is 16.4. The molecule has 0 aromatic heterocycles. The van der Waals surface area contributed by atoms with E-state index in [0.29, 0.717) is 11.3 Å². The minimum atomic E-state index is -2.67. The molecule has 0 bridgehead atoms. The number of likely N-dealkylation sites (N-methyl/N-ethyl adjacent to an activating group) is 1. The lowest BCUT2D eigenvalue weighted by molar-refractivity contribution is -0.159. The molecule has 45 heavy (non-hydrogen) atoms. The maximum absolute atomic E-state index is 14.2. The van der Waals surface area contributed by atoms with E-state index in [2.05, 4.69) is 0 Å². The van der Waals surface area contributed by atoms with Gasteiger partial charge in [-0.2, -0.15) is 0 Å². The zero-order valence-electron chi connectivity index (χ0n) is 25.7. The molecule has 242 valence electrons. The van der Waals surface area contributed by atoms with Crippen LogP contribution in [0.25, 0.3) is 0 Å². The summed E-state index contributed by atoms with van der Waals surface area (Å²) in [7, 11) is 6.61. The van der Waals surface area contributed by atoms with E-state index in [0.717, 1.165) is 24.2 Å². The Morgan fingerprint density at radius 2 is 1.56 bits per heavy atom. The molecule has 6 rings (SSSR count). The van der Waals surface area contributed by atoms with Gasteiger partial charge >= 0.3 is 0 Å². The number of imide groups is 1. The zero-order chi connectivity index (χ0) is 32.9. The first kappa shape index (κ1) is 31.0. The van der Waals surface area contributed by atoms with Crippen molar-refractivity contribution in [2.75, 3.05) is 41.3 Å². The summed E-state index contributed by atoms with van der Waals surface area (Å²) in [4.78, 5) is 72.5. The normalized spacial score (nSPS) is 33.1. The summed E-state index contributed by atoms with van der Waals surface area (Å²) < 4.78 is 0. The third-order valence-corrected chi connectivity index (χ3v) is 10.6. The Hall–Kier alpha value is -4.01. The fraction of sp³-hybridized carbons (Fsp3) is 0.581. The van der Waals surface area contributed by atoms with Gasteiger partial charge in [-0.1, -0.05) is 6.42 Å². The molecule has 0 spiro atoms. The molecule has 0 radical (unpaired) electrons. The first-order valence-electron chi connectivity index (χ1n) is 15.2. The predicted molar refractivity (Wildman–Crippen MR) is 157 cm³/mol. The molecule has 0 aromatic carbocycles. The van der Waals surface area contributed by atoms with Crippen LogP contribution in [-0.4, -0.2) is 134 Å². The predicted octanol–water partition coefficient (Wildman–Crippen LogP) is -0.428. The van der Waals surface area contributed by atoms with Crippen LogP contribution in [0.5, 0.6) is 0 Å². The number of hydrogen-bond donors (Lipinski definition) is 5. The first-order chi connectivity index (χ1) is 21.1. The highest BCUT2D eigenvalue weighted by Gasteiger charge is 2.62. The minimum absolute atomic E-state index is 0.00108. The number of piperazine rings is 1. The lowest BCUT2D eigenvalue weighted by Gasteiger charge is -2.51. The van der Waals surface area contributed by atoms with Crippen LogP contribution < -0.4 is 5.73 Å². The summed E-state index contributed by atoms with van der Waals surface area (Å²) >= 11 is 0. The Kier molecular flexibility index (Phi) is 7.25. The fourth-order valence-electron chi connectivity index (χ4n) is 8.21. The number of nitrogens with zero attached hydrogens (tertiary/aromatic N) is 4. The molecule has 6 aliphatic rings. The van der Waals surface area contributed by atoms with Crippen LogP contribution in [0.4, 0.5) is 0 Å². The minimum Gasteiger partial charge on any atom is -0.508 e. The molecule has 14 nitrogen and oxygen atoms in total. The summed E-state index contributed by atoms with van der Waals surface area (Å²) in [6.07, 6.45) is 2.99. The third kappa shape index (κ3) is 4.29. The van der Waals surface area contributed by atoms with Crippen molar-refractivity contribution in [3.05, 3.63) is 45.3 Å². The van der Waals surface area contributed by atoms with Crippen LogP contribution in [0.3, 0.4) is 0 Å². The molecular formula is C31H39N5O9. The maximum Gasteiger partial charge on any atom is 0.255 e. The Bertz CT molecular complexity index is 1550. The Morgan fingerprint density at radius 3 is 2.07 bits per heavy atom. The molecule has 1 heterocycles. The summed E-state index contributed by atoms with van der Waals surface area (Å²) in [5.41, 5.74) is 2.57. The van der Waals surface area contributed by atoms with E-state index in [9.17, 15) is 44.4 Å². The van der Waals surface area contributed by atoms with E-state index in [1.165, 1.54) is 4.90 Å². The van der Waals surface area contributed by atoms with Crippen molar-refractivity contribution in [2.24, 2.45) is 17.6 Å². The number of carbonyl (C=O) groups excluding carboxylic acids is 5. The Balaban J connectivity index is 1.48. The number of aliphatic hydroxyl groups excluding tert-OH is 3. The van der Waals surface area contributed by atoms with E-state index in [-0.39, 0.29) is 49.5 Å². The first-order valence-corrected chi connectivity index (χ1v) is 15.2. The van der Waals surface area contributed by atoms with E-state index in [1.54, 1.807) is 33.1 Å². The number of Topliss-reactive ketones (excluding diaryl/α,β-unsaturated/α-hetero) is 2. The molecule has 5 atom stereocenters. The third-order valence-electron chi connectivity index (χ3n) is 10.6. The smallest absolute Gasteiger partial charge is 0.255 e. The number of rotatable bonds is 5. The number of hydrogen-bond acceptors (Lipinski definition) is 12. The van der Waals surface area contributed by atoms with Gasteiger partial charge in [0.05, 0.1) is 24.7 Å². The van der Waals surface area contributed by atoms with Gasteiger partial charge in [0.15, 0.2) is 17.2 Å². The molecular weight excluding hydrogens is 586 g/mol. The summed E-state index contributed by atoms with van der Waals surface area (Å²) in [5.74, 6) is -8.27. The Morgan fingerprint density at radius 1 is 0.933 bits per heavy atom. The van der Waals surface area contributed by atoms with Crippen LogP contribution >= 0.6 is 0 Å². The van der Waals surface area contributed by atoms with Crippen molar-refractivity contribution >= 4 is 29.3 Å². The average molecular weight is 626 g/mol. The van der Waals surface area contributed by atoms with Crippen molar-refractivity contribution in [2.45, 2.75) is 62.3 Å². The van der Waals surface area contributed by atoms with Crippen LogP contribution in [-0.2, 0) is 24.0 Å². The fourth-order valence-corrected chi connectivity index (χ4v) is 8.21. The van der Waals surface area contributed by atoms with E-state index in [1.807, 2.05) is 4.90 Å².